The summed E-state index contributed by atoms with van der Waals surface area (Å²) in [6, 6.07) is 52.2. The number of furan rings is 1. The molecule has 7 aromatic carbocycles. The maximum Gasteiger partial charge on any atom is 0.164 e. The van der Waals surface area contributed by atoms with Crippen molar-refractivity contribution >= 4 is 43.5 Å². The van der Waals surface area contributed by atoms with E-state index in [4.69, 9.17) is 19.4 Å². The van der Waals surface area contributed by atoms with Crippen LogP contribution in [0.15, 0.2) is 156 Å². The predicted octanol–water partition coefficient (Wildman–Crippen LogP) is 10.7. The zero-order valence-electron chi connectivity index (χ0n) is 24.2. The van der Waals surface area contributed by atoms with E-state index in [0.29, 0.717) is 17.5 Å². The van der Waals surface area contributed by atoms with Gasteiger partial charge in [0.1, 0.15) is 11.2 Å². The Labute approximate surface area is 259 Å². The molecule has 4 nitrogen and oxygen atoms in total. The zero-order chi connectivity index (χ0) is 29.7. The molecule has 9 aromatic rings. The Morgan fingerprint density at radius 2 is 0.933 bits per heavy atom. The first-order chi connectivity index (χ1) is 22.3. The third-order valence-corrected chi connectivity index (χ3v) is 8.51. The van der Waals surface area contributed by atoms with Crippen LogP contribution in [-0.2, 0) is 0 Å². The second-order valence-corrected chi connectivity index (χ2v) is 11.2. The van der Waals surface area contributed by atoms with E-state index in [-0.39, 0.29) is 0 Å². The van der Waals surface area contributed by atoms with Crippen molar-refractivity contribution in [1.82, 2.24) is 15.0 Å². The Hall–Kier alpha value is -6.13. The highest BCUT2D eigenvalue weighted by Crippen LogP contribution is 2.41. The van der Waals surface area contributed by atoms with E-state index in [1.807, 2.05) is 48.5 Å². The summed E-state index contributed by atoms with van der Waals surface area (Å²) in [6.07, 6.45) is 0. The lowest BCUT2D eigenvalue weighted by Crippen LogP contribution is -2.01. The first-order valence-electron chi connectivity index (χ1n) is 15.0. The molecule has 4 heteroatoms. The molecule has 45 heavy (non-hydrogen) atoms. The molecule has 0 aliphatic carbocycles. The van der Waals surface area contributed by atoms with Crippen LogP contribution < -0.4 is 0 Å². The van der Waals surface area contributed by atoms with E-state index in [2.05, 4.69) is 103 Å². The molecule has 0 radical (unpaired) electrons. The quantitative estimate of drug-likeness (QED) is 0.209. The molecule has 0 amide bonds. The molecular weight excluding hydrogens is 550 g/mol. The fourth-order valence-electron chi connectivity index (χ4n) is 6.42. The average molecular weight is 576 g/mol. The fourth-order valence-corrected chi connectivity index (χ4v) is 6.42. The number of fused-ring (bicyclic) bond motifs is 5. The highest BCUT2D eigenvalue weighted by molar-refractivity contribution is 6.15. The van der Waals surface area contributed by atoms with Gasteiger partial charge >= 0.3 is 0 Å². The number of nitrogens with zero attached hydrogens (tertiary/aromatic N) is 3. The van der Waals surface area contributed by atoms with Gasteiger partial charge in [0.05, 0.1) is 0 Å². The van der Waals surface area contributed by atoms with Crippen LogP contribution >= 0.6 is 0 Å². The Balaban J connectivity index is 1.33. The smallest absolute Gasteiger partial charge is 0.164 e. The Morgan fingerprint density at radius 1 is 0.356 bits per heavy atom. The van der Waals surface area contributed by atoms with Crippen LogP contribution in [0.1, 0.15) is 0 Å². The third-order valence-electron chi connectivity index (χ3n) is 8.51. The standard InChI is InChI=1S/C41H25N3O/c1-2-13-27(14-3-1)39-42-40(44-41(43-39)33-21-10-16-26-12-4-6-17-30(26)33)29-24-28-15-5-7-18-31(28)35(25-29)32-20-11-23-37-38(32)34-19-8-9-22-36(34)45-37/h1-25H. The average Bonchev–Trinajstić information content (AvgIpc) is 3.50. The summed E-state index contributed by atoms with van der Waals surface area (Å²) in [5.41, 5.74) is 6.81. The van der Waals surface area contributed by atoms with Gasteiger partial charge in [0.2, 0.25) is 0 Å². The molecule has 0 saturated heterocycles. The number of hydrogen-bond acceptors (Lipinski definition) is 4. The summed E-state index contributed by atoms with van der Waals surface area (Å²) in [5.74, 6) is 1.91. The summed E-state index contributed by atoms with van der Waals surface area (Å²) < 4.78 is 6.27. The molecule has 9 rings (SSSR count). The maximum atomic E-state index is 6.27. The largest absolute Gasteiger partial charge is 0.456 e. The number of rotatable bonds is 4. The van der Waals surface area contributed by atoms with Gasteiger partial charge in [0.15, 0.2) is 17.5 Å². The van der Waals surface area contributed by atoms with Crippen LogP contribution in [0.4, 0.5) is 0 Å². The number of para-hydroxylation sites is 1. The Bertz CT molecular complexity index is 2540. The van der Waals surface area contributed by atoms with Crippen molar-refractivity contribution in [3.8, 4) is 45.3 Å². The van der Waals surface area contributed by atoms with E-state index < -0.39 is 0 Å². The summed E-state index contributed by atoms with van der Waals surface area (Å²) in [4.78, 5) is 15.3. The van der Waals surface area contributed by atoms with Gasteiger partial charge in [-0.1, -0.05) is 127 Å². The molecule has 0 saturated carbocycles. The highest BCUT2D eigenvalue weighted by Gasteiger charge is 2.18. The lowest BCUT2D eigenvalue weighted by atomic mass is 9.92. The SMILES string of the molecule is c1ccc(-c2nc(-c3cc(-c4cccc5oc6ccccc6c45)c4ccccc4c3)nc(-c3cccc4ccccc34)n2)cc1. The number of aromatic nitrogens is 3. The molecule has 0 spiro atoms. The molecule has 0 fully saturated rings. The second-order valence-electron chi connectivity index (χ2n) is 11.2. The molecule has 2 aromatic heterocycles. The summed E-state index contributed by atoms with van der Waals surface area (Å²) in [6.45, 7) is 0. The molecule has 0 bridgehead atoms. The van der Waals surface area contributed by atoms with Crippen molar-refractivity contribution in [3.05, 3.63) is 152 Å². The summed E-state index contributed by atoms with van der Waals surface area (Å²) >= 11 is 0. The molecular formula is C41H25N3O. The van der Waals surface area contributed by atoms with Crippen LogP contribution in [0.5, 0.6) is 0 Å². The normalized spacial score (nSPS) is 11.6. The van der Waals surface area contributed by atoms with Gasteiger partial charge < -0.3 is 4.42 Å². The lowest BCUT2D eigenvalue weighted by Gasteiger charge is -2.13. The first-order valence-corrected chi connectivity index (χ1v) is 15.0. The van der Waals surface area contributed by atoms with Crippen LogP contribution in [0.2, 0.25) is 0 Å². The lowest BCUT2D eigenvalue weighted by molar-refractivity contribution is 0.669. The molecule has 0 unspecified atom stereocenters. The van der Waals surface area contributed by atoms with E-state index in [0.717, 1.165) is 71.3 Å². The van der Waals surface area contributed by atoms with Gasteiger partial charge in [-0.3, -0.25) is 0 Å². The first kappa shape index (κ1) is 25.4. The van der Waals surface area contributed by atoms with E-state index >= 15 is 0 Å². The van der Waals surface area contributed by atoms with Gasteiger partial charge in [-0.05, 0) is 56.9 Å². The Kier molecular flexibility index (Phi) is 5.78. The second kappa shape index (κ2) is 10.2. The van der Waals surface area contributed by atoms with Gasteiger partial charge in [-0.2, -0.15) is 0 Å². The van der Waals surface area contributed by atoms with Crippen molar-refractivity contribution in [2.45, 2.75) is 0 Å². The van der Waals surface area contributed by atoms with E-state index in [9.17, 15) is 0 Å². The van der Waals surface area contributed by atoms with Crippen molar-refractivity contribution < 1.29 is 4.42 Å². The van der Waals surface area contributed by atoms with Crippen molar-refractivity contribution in [3.63, 3.8) is 0 Å². The molecule has 0 aliphatic rings. The van der Waals surface area contributed by atoms with Crippen LogP contribution in [0.3, 0.4) is 0 Å². The molecule has 210 valence electrons. The highest BCUT2D eigenvalue weighted by atomic mass is 16.3. The van der Waals surface area contributed by atoms with Gasteiger partial charge in [0, 0.05) is 27.5 Å². The summed E-state index contributed by atoms with van der Waals surface area (Å²) in [7, 11) is 0. The van der Waals surface area contributed by atoms with Gasteiger partial charge in [-0.25, -0.2) is 15.0 Å². The minimum absolute atomic E-state index is 0.628. The van der Waals surface area contributed by atoms with Gasteiger partial charge in [0.25, 0.3) is 0 Å². The fraction of sp³-hybridized carbons (Fsp3) is 0. The monoisotopic (exact) mass is 575 g/mol. The van der Waals surface area contributed by atoms with E-state index in [1.54, 1.807) is 0 Å². The molecule has 0 aliphatic heterocycles. The molecule has 0 N–H and O–H groups in total. The van der Waals surface area contributed by atoms with Crippen molar-refractivity contribution in [2.24, 2.45) is 0 Å². The number of benzene rings is 7. The van der Waals surface area contributed by atoms with Crippen molar-refractivity contribution in [2.75, 3.05) is 0 Å². The zero-order valence-corrected chi connectivity index (χ0v) is 24.2. The summed E-state index contributed by atoms with van der Waals surface area (Å²) in [5, 5.41) is 6.73. The van der Waals surface area contributed by atoms with Crippen molar-refractivity contribution in [1.29, 1.82) is 0 Å². The molecule has 0 atom stereocenters. The number of hydrogen-bond donors (Lipinski definition) is 0. The minimum Gasteiger partial charge on any atom is -0.456 e. The Morgan fingerprint density at radius 3 is 1.78 bits per heavy atom. The van der Waals surface area contributed by atoms with Crippen LogP contribution in [0, 0.1) is 0 Å². The topological polar surface area (TPSA) is 51.8 Å². The molecule has 2 heterocycles. The minimum atomic E-state index is 0.628. The predicted molar refractivity (Wildman–Crippen MR) is 184 cm³/mol. The van der Waals surface area contributed by atoms with E-state index in [1.165, 1.54) is 0 Å². The van der Waals surface area contributed by atoms with Crippen LogP contribution in [-0.4, -0.2) is 15.0 Å². The van der Waals surface area contributed by atoms with Gasteiger partial charge in [-0.15, -0.1) is 0 Å². The maximum absolute atomic E-state index is 6.27. The third kappa shape index (κ3) is 4.27. The van der Waals surface area contributed by atoms with Crippen LogP contribution in [0.25, 0.3) is 88.8 Å².